The average Bonchev–Trinajstić information content (AvgIpc) is 2.47. The summed E-state index contributed by atoms with van der Waals surface area (Å²) in [7, 11) is 0. The van der Waals surface area contributed by atoms with Gasteiger partial charge in [0, 0.05) is 24.9 Å². The second-order valence-electron chi connectivity index (χ2n) is 4.58. The van der Waals surface area contributed by atoms with Crippen molar-refractivity contribution in [2.75, 3.05) is 11.9 Å². The predicted molar refractivity (Wildman–Crippen MR) is 86.1 cm³/mol. The Labute approximate surface area is 126 Å². The number of hydrogen-bond donors (Lipinski definition) is 3. The first-order chi connectivity index (χ1) is 9.29. The van der Waals surface area contributed by atoms with Crippen LogP contribution in [-0.4, -0.2) is 11.7 Å². The Morgan fingerprint density at radius 3 is 2.25 bits per heavy atom. The molecule has 0 saturated carbocycles. The number of nitrogens with two attached hydrogens (primary N) is 1. The molecule has 4 N–H and O–H groups in total. The fourth-order valence-corrected chi connectivity index (χ4v) is 1.95. The standard InChI is InChI=1S/C16H20N2O.ClH/c17-16(10-11-19)14-6-8-15(9-7-14)18-12-13-4-2-1-3-5-13;/h1-9,16,18-19H,10-12,17H2;1H/t16-;/m1./s1. The van der Waals surface area contributed by atoms with E-state index in [2.05, 4.69) is 17.4 Å². The van der Waals surface area contributed by atoms with Gasteiger partial charge in [-0.25, -0.2) is 0 Å². The zero-order valence-corrected chi connectivity index (χ0v) is 12.1. The molecule has 0 aromatic heterocycles. The van der Waals surface area contributed by atoms with Crippen LogP contribution in [0.25, 0.3) is 0 Å². The third kappa shape index (κ3) is 4.85. The van der Waals surface area contributed by atoms with Crippen LogP contribution in [0.1, 0.15) is 23.6 Å². The van der Waals surface area contributed by atoms with Crippen molar-refractivity contribution in [3.8, 4) is 0 Å². The highest BCUT2D eigenvalue weighted by Gasteiger charge is 2.04. The van der Waals surface area contributed by atoms with Crippen LogP contribution >= 0.6 is 12.4 Å². The van der Waals surface area contributed by atoms with Crippen LogP contribution in [0.5, 0.6) is 0 Å². The Kier molecular flexibility index (Phi) is 7.09. The highest BCUT2D eigenvalue weighted by Crippen LogP contribution is 2.17. The minimum atomic E-state index is -0.0897. The van der Waals surface area contributed by atoms with E-state index in [4.69, 9.17) is 10.8 Å². The van der Waals surface area contributed by atoms with E-state index in [0.717, 1.165) is 17.8 Å². The first-order valence-corrected chi connectivity index (χ1v) is 6.54. The molecular weight excluding hydrogens is 272 g/mol. The highest BCUT2D eigenvalue weighted by atomic mass is 35.5. The van der Waals surface area contributed by atoms with Gasteiger partial charge in [-0.15, -0.1) is 12.4 Å². The fourth-order valence-electron chi connectivity index (χ4n) is 1.95. The zero-order chi connectivity index (χ0) is 13.5. The Morgan fingerprint density at radius 2 is 1.65 bits per heavy atom. The quantitative estimate of drug-likeness (QED) is 0.767. The van der Waals surface area contributed by atoms with E-state index in [1.54, 1.807) is 0 Å². The molecule has 0 heterocycles. The summed E-state index contributed by atoms with van der Waals surface area (Å²) in [6, 6.07) is 18.2. The first-order valence-electron chi connectivity index (χ1n) is 6.54. The fraction of sp³-hybridized carbons (Fsp3) is 0.250. The molecule has 0 unspecified atom stereocenters. The zero-order valence-electron chi connectivity index (χ0n) is 11.3. The van der Waals surface area contributed by atoms with Crippen LogP contribution < -0.4 is 11.1 Å². The smallest absolute Gasteiger partial charge is 0.0449 e. The molecule has 3 nitrogen and oxygen atoms in total. The largest absolute Gasteiger partial charge is 0.396 e. The van der Waals surface area contributed by atoms with E-state index in [1.807, 2.05) is 42.5 Å². The van der Waals surface area contributed by atoms with Gasteiger partial charge in [0.05, 0.1) is 0 Å². The van der Waals surface area contributed by atoms with Gasteiger partial charge in [-0.05, 0) is 29.7 Å². The lowest BCUT2D eigenvalue weighted by Crippen LogP contribution is -2.11. The molecule has 0 fully saturated rings. The summed E-state index contributed by atoms with van der Waals surface area (Å²) in [6.07, 6.45) is 0.594. The Morgan fingerprint density at radius 1 is 1.00 bits per heavy atom. The van der Waals surface area contributed by atoms with Crippen molar-refractivity contribution in [2.45, 2.75) is 19.0 Å². The topological polar surface area (TPSA) is 58.3 Å². The van der Waals surface area contributed by atoms with Gasteiger partial charge < -0.3 is 16.2 Å². The van der Waals surface area contributed by atoms with E-state index in [-0.39, 0.29) is 25.1 Å². The number of halogens is 1. The number of aliphatic hydroxyl groups is 1. The van der Waals surface area contributed by atoms with E-state index in [9.17, 15) is 0 Å². The monoisotopic (exact) mass is 292 g/mol. The van der Waals surface area contributed by atoms with Gasteiger partial charge >= 0.3 is 0 Å². The number of anilines is 1. The van der Waals surface area contributed by atoms with E-state index < -0.39 is 0 Å². The third-order valence-corrected chi connectivity index (χ3v) is 3.12. The normalized spacial score (nSPS) is 11.5. The molecular formula is C16H21ClN2O. The maximum atomic E-state index is 8.87. The SMILES string of the molecule is Cl.N[C@H](CCO)c1ccc(NCc2ccccc2)cc1. The molecule has 2 aromatic carbocycles. The summed E-state index contributed by atoms with van der Waals surface area (Å²) in [6.45, 7) is 0.929. The van der Waals surface area contributed by atoms with Gasteiger partial charge in [-0.1, -0.05) is 42.5 Å². The Balaban J connectivity index is 0.00000200. The van der Waals surface area contributed by atoms with Crippen LogP contribution in [0.2, 0.25) is 0 Å². The van der Waals surface area contributed by atoms with E-state index in [1.165, 1.54) is 5.56 Å². The molecule has 0 aliphatic heterocycles. The van der Waals surface area contributed by atoms with Crippen molar-refractivity contribution >= 4 is 18.1 Å². The maximum absolute atomic E-state index is 8.87. The van der Waals surface area contributed by atoms with Crippen molar-refractivity contribution in [1.82, 2.24) is 0 Å². The number of rotatable bonds is 6. The van der Waals surface area contributed by atoms with Crippen LogP contribution in [0, 0.1) is 0 Å². The summed E-state index contributed by atoms with van der Waals surface area (Å²) < 4.78 is 0. The molecule has 0 bridgehead atoms. The van der Waals surface area contributed by atoms with Crippen LogP contribution in [0.15, 0.2) is 54.6 Å². The summed E-state index contributed by atoms with van der Waals surface area (Å²) in [5.41, 5.74) is 9.32. The number of hydrogen-bond acceptors (Lipinski definition) is 3. The Bertz CT molecular complexity index is 488. The molecule has 0 aliphatic rings. The number of benzene rings is 2. The number of aliphatic hydroxyl groups excluding tert-OH is 1. The molecule has 4 heteroatoms. The molecule has 0 spiro atoms. The van der Waals surface area contributed by atoms with Crippen molar-refractivity contribution < 1.29 is 5.11 Å². The second kappa shape index (κ2) is 8.59. The van der Waals surface area contributed by atoms with Crippen LogP contribution in [0.3, 0.4) is 0 Å². The second-order valence-corrected chi connectivity index (χ2v) is 4.58. The third-order valence-electron chi connectivity index (χ3n) is 3.12. The predicted octanol–water partition coefficient (Wildman–Crippen LogP) is 3.10. The summed E-state index contributed by atoms with van der Waals surface area (Å²) in [4.78, 5) is 0. The van der Waals surface area contributed by atoms with Gasteiger partial charge in [0.25, 0.3) is 0 Å². The summed E-state index contributed by atoms with van der Waals surface area (Å²) in [5.74, 6) is 0. The maximum Gasteiger partial charge on any atom is 0.0449 e. The van der Waals surface area contributed by atoms with Gasteiger partial charge in [0.1, 0.15) is 0 Å². The van der Waals surface area contributed by atoms with Crippen LogP contribution in [-0.2, 0) is 6.54 Å². The van der Waals surface area contributed by atoms with Crippen LogP contribution in [0.4, 0.5) is 5.69 Å². The molecule has 0 amide bonds. The minimum Gasteiger partial charge on any atom is -0.396 e. The molecule has 0 aliphatic carbocycles. The lowest BCUT2D eigenvalue weighted by molar-refractivity contribution is 0.276. The number of nitrogens with one attached hydrogen (secondary N) is 1. The molecule has 108 valence electrons. The Hall–Kier alpha value is -1.55. The lowest BCUT2D eigenvalue weighted by Gasteiger charge is -2.12. The van der Waals surface area contributed by atoms with Gasteiger partial charge in [0.15, 0.2) is 0 Å². The minimum absolute atomic E-state index is 0. The average molecular weight is 293 g/mol. The van der Waals surface area contributed by atoms with E-state index >= 15 is 0 Å². The molecule has 20 heavy (non-hydrogen) atoms. The molecule has 1 atom stereocenters. The van der Waals surface area contributed by atoms with E-state index in [0.29, 0.717) is 6.42 Å². The van der Waals surface area contributed by atoms with Crippen molar-refractivity contribution in [3.05, 3.63) is 65.7 Å². The summed E-state index contributed by atoms with van der Waals surface area (Å²) >= 11 is 0. The summed E-state index contributed by atoms with van der Waals surface area (Å²) in [5, 5.41) is 12.2. The molecule has 2 rings (SSSR count). The van der Waals surface area contributed by atoms with Crippen molar-refractivity contribution in [3.63, 3.8) is 0 Å². The van der Waals surface area contributed by atoms with Gasteiger partial charge in [-0.3, -0.25) is 0 Å². The van der Waals surface area contributed by atoms with Gasteiger partial charge in [0.2, 0.25) is 0 Å². The highest BCUT2D eigenvalue weighted by molar-refractivity contribution is 5.85. The first kappa shape index (κ1) is 16.5. The lowest BCUT2D eigenvalue weighted by atomic mass is 10.0. The molecule has 0 saturated heterocycles. The van der Waals surface area contributed by atoms with Crippen molar-refractivity contribution in [1.29, 1.82) is 0 Å². The van der Waals surface area contributed by atoms with Gasteiger partial charge in [-0.2, -0.15) is 0 Å². The molecule has 0 radical (unpaired) electrons. The molecule has 2 aromatic rings. The van der Waals surface area contributed by atoms with Crippen molar-refractivity contribution in [2.24, 2.45) is 5.73 Å².